The number of nitro groups is 1. The van der Waals surface area contributed by atoms with Gasteiger partial charge in [0.15, 0.2) is 0 Å². The van der Waals surface area contributed by atoms with Crippen molar-refractivity contribution in [2.24, 2.45) is 0 Å². The first-order valence-electron chi connectivity index (χ1n) is 7.56. The number of aromatic nitrogens is 4. The van der Waals surface area contributed by atoms with Crippen molar-refractivity contribution in [1.82, 2.24) is 20.0 Å². The van der Waals surface area contributed by atoms with E-state index in [0.717, 1.165) is 25.7 Å². The molecule has 2 N–H and O–H groups in total. The molecule has 2 aromatic heterocycles. The fourth-order valence-electron chi connectivity index (χ4n) is 2.98. The Morgan fingerprint density at radius 2 is 2.26 bits per heavy atom. The molecule has 0 spiro atoms. The van der Waals surface area contributed by atoms with Crippen molar-refractivity contribution in [3.8, 4) is 0 Å². The Bertz CT molecular complexity index is 689. The molecule has 0 amide bonds. The first kappa shape index (κ1) is 15.3. The van der Waals surface area contributed by atoms with Gasteiger partial charge in [0.1, 0.15) is 5.69 Å². The molecule has 1 saturated carbocycles. The summed E-state index contributed by atoms with van der Waals surface area (Å²) in [5, 5.41) is 31.4. The summed E-state index contributed by atoms with van der Waals surface area (Å²) in [5.74, 6) is 0.275. The monoisotopic (exact) mass is 318 g/mol. The molecule has 1 aliphatic rings. The highest BCUT2D eigenvalue weighted by Gasteiger charge is 2.29. The summed E-state index contributed by atoms with van der Waals surface area (Å²) in [7, 11) is 0. The van der Waals surface area contributed by atoms with Crippen molar-refractivity contribution in [3.63, 3.8) is 0 Å². The second kappa shape index (κ2) is 6.69. The van der Waals surface area contributed by atoms with E-state index in [1.54, 1.807) is 16.9 Å². The van der Waals surface area contributed by atoms with Crippen LogP contribution in [0.3, 0.4) is 0 Å². The van der Waals surface area contributed by atoms with Gasteiger partial charge in [0.25, 0.3) is 0 Å². The van der Waals surface area contributed by atoms with Gasteiger partial charge in [-0.25, -0.2) is 9.67 Å². The zero-order chi connectivity index (χ0) is 16.2. The molecule has 0 radical (unpaired) electrons. The maximum atomic E-state index is 11.1. The molecular weight excluding hydrogens is 300 g/mol. The second-order valence-electron chi connectivity index (χ2n) is 5.58. The van der Waals surface area contributed by atoms with E-state index in [1.165, 1.54) is 12.3 Å². The predicted octanol–water partition coefficient (Wildman–Crippen LogP) is 1.67. The number of hydrogen-bond acceptors (Lipinski definition) is 7. The van der Waals surface area contributed by atoms with Gasteiger partial charge in [0.05, 0.1) is 29.8 Å². The van der Waals surface area contributed by atoms with Gasteiger partial charge in [-0.2, -0.15) is 0 Å². The number of nitrogens with zero attached hydrogens (tertiary/aromatic N) is 5. The van der Waals surface area contributed by atoms with Crippen molar-refractivity contribution in [3.05, 3.63) is 40.3 Å². The van der Waals surface area contributed by atoms with E-state index in [9.17, 15) is 10.1 Å². The van der Waals surface area contributed by atoms with Crippen LogP contribution in [0.15, 0.2) is 24.5 Å². The molecule has 0 aliphatic heterocycles. The van der Waals surface area contributed by atoms with Gasteiger partial charge < -0.3 is 10.4 Å². The van der Waals surface area contributed by atoms with Crippen LogP contribution in [-0.4, -0.2) is 36.0 Å². The average Bonchev–Trinajstić information content (AvgIpc) is 3.04. The van der Waals surface area contributed by atoms with Crippen LogP contribution >= 0.6 is 0 Å². The summed E-state index contributed by atoms with van der Waals surface area (Å²) in [4.78, 5) is 14.8. The summed E-state index contributed by atoms with van der Waals surface area (Å²) in [6, 6.07) is 2.99. The van der Waals surface area contributed by atoms with Crippen molar-refractivity contribution >= 4 is 11.5 Å². The first-order chi connectivity index (χ1) is 11.2. The lowest BCUT2D eigenvalue weighted by Gasteiger charge is -2.32. The standard InChI is InChI=1S/C14H18N6O3/c21-9-10-8-19(18-17-10)12-5-2-1-4-11(12)16-14-13(20(22)23)6-3-7-15-14/h3,6-8,11-12,21H,1-2,4-5,9H2,(H,15,16)/t11-,12+/m0/s1. The van der Waals surface area contributed by atoms with Gasteiger partial charge in [0, 0.05) is 12.3 Å². The van der Waals surface area contributed by atoms with E-state index in [0.29, 0.717) is 5.69 Å². The molecule has 0 bridgehead atoms. The number of aliphatic hydroxyl groups is 1. The van der Waals surface area contributed by atoms with Gasteiger partial charge in [-0.3, -0.25) is 10.1 Å². The zero-order valence-corrected chi connectivity index (χ0v) is 12.5. The Morgan fingerprint density at radius 1 is 1.43 bits per heavy atom. The number of nitrogens with one attached hydrogen (secondary N) is 1. The summed E-state index contributed by atoms with van der Waals surface area (Å²) < 4.78 is 1.73. The summed E-state index contributed by atoms with van der Waals surface area (Å²) in [6.45, 7) is -0.156. The minimum absolute atomic E-state index is 0.0226. The van der Waals surface area contributed by atoms with E-state index >= 15 is 0 Å². The lowest BCUT2D eigenvalue weighted by molar-refractivity contribution is -0.384. The fourth-order valence-corrected chi connectivity index (χ4v) is 2.98. The molecule has 1 aliphatic carbocycles. The highest BCUT2D eigenvalue weighted by molar-refractivity contribution is 5.55. The first-order valence-corrected chi connectivity index (χ1v) is 7.56. The number of hydrogen-bond donors (Lipinski definition) is 2. The van der Waals surface area contributed by atoms with Crippen LogP contribution in [0.25, 0.3) is 0 Å². The third kappa shape index (κ3) is 3.29. The van der Waals surface area contributed by atoms with Gasteiger partial charge in [-0.1, -0.05) is 18.1 Å². The Balaban J connectivity index is 1.83. The van der Waals surface area contributed by atoms with E-state index in [4.69, 9.17) is 5.11 Å². The maximum absolute atomic E-state index is 11.1. The molecular formula is C14H18N6O3. The Kier molecular flexibility index (Phi) is 4.47. The van der Waals surface area contributed by atoms with Crippen LogP contribution < -0.4 is 5.32 Å². The van der Waals surface area contributed by atoms with Crippen LogP contribution in [0, 0.1) is 10.1 Å². The molecule has 23 heavy (non-hydrogen) atoms. The van der Waals surface area contributed by atoms with Crippen molar-refractivity contribution in [2.75, 3.05) is 5.32 Å². The molecule has 2 heterocycles. The molecule has 9 nitrogen and oxygen atoms in total. The van der Waals surface area contributed by atoms with E-state index in [-0.39, 0.29) is 30.2 Å². The molecule has 9 heteroatoms. The summed E-state index contributed by atoms with van der Waals surface area (Å²) in [5.41, 5.74) is 0.476. The van der Waals surface area contributed by atoms with Gasteiger partial charge in [-0.15, -0.1) is 5.10 Å². The minimum Gasteiger partial charge on any atom is -0.390 e. The highest BCUT2D eigenvalue weighted by Crippen LogP contribution is 2.32. The Labute approximate surface area is 132 Å². The van der Waals surface area contributed by atoms with Crippen molar-refractivity contribution in [1.29, 1.82) is 0 Å². The highest BCUT2D eigenvalue weighted by atomic mass is 16.6. The van der Waals surface area contributed by atoms with Gasteiger partial charge in [0.2, 0.25) is 5.82 Å². The quantitative estimate of drug-likeness (QED) is 0.635. The summed E-state index contributed by atoms with van der Waals surface area (Å²) in [6.07, 6.45) is 7.11. The van der Waals surface area contributed by atoms with Gasteiger partial charge >= 0.3 is 5.69 Å². The molecule has 122 valence electrons. The molecule has 3 rings (SSSR count). The number of anilines is 1. The normalized spacial score (nSPS) is 21.1. The third-order valence-corrected chi connectivity index (χ3v) is 4.09. The van der Waals surface area contributed by atoms with Crippen molar-refractivity contribution < 1.29 is 10.0 Å². The van der Waals surface area contributed by atoms with Crippen LogP contribution in [0.5, 0.6) is 0 Å². The second-order valence-corrected chi connectivity index (χ2v) is 5.58. The van der Waals surface area contributed by atoms with Crippen LogP contribution in [-0.2, 0) is 6.61 Å². The Morgan fingerprint density at radius 3 is 3.00 bits per heavy atom. The van der Waals surface area contributed by atoms with Crippen LogP contribution in [0.2, 0.25) is 0 Å². The topological polar surface area (TPSA) is 119 Å². The van der Waals surface area contributed by atoms with E-state index < -0.39 is 4.92 Å². The summed E-state index contributed by atoms with van der Waals surface area (Å²) >= 11 is 0. The van der Waals surface area contributed by atoms with Gasteiger partial charge in [-0.05, 0) is 18.9 Å². The van der Waals surface area contributed by atoms with Crippen LogP contribution in [0.4, 0.5) is 11.5 Å². The molecule has 1 fully saturated rings. The van der Waals surface area contributed by atoms with E-state index in [1.807, 2.05) is 0 Å². The van der Waals surface area contributed by atoms with Crippen LogP contribution in [0.1, 0.15) is 37.4 Å². The molecule has 0 saturated heterocycles. The maximum Gasteiger partial charge on any atom is 0.311 e. The number of rotatable bonds is 5. The number of aliphatic hydroxyl groups excluding tert-OH is 1. The molecule has 0 aromatic carbocycles. The predicted molar refractivity (Wildman–Crippen MR) is 81.8 cm³/mol. The van der Waals surface area contributed by atoms with E-state index in [2.05, 4.69) is 20.6 Å². The van der Waals surface area contributed by atoms with Crippen molar-refractivity contribution in [2.45, 2.75) is 44.4 Å². The average molecular weight is 318 g/mol. The zero-order valence-electron chi connectivity index (χ0n) is 12.5. The lowest BCUT2D eigenvalue weighted by atomic mass is 9.90. The SMILES string of the molecule is O=[N+]([O-])c1cccnc1N[C@H]1CCCC[C@H]1n1cc(CO)nn1. The Hall–Kier alpha value is -2.55. The fraction of sp³-hybridized carbons (Fsp3) is 0.500. The number of pyridine rings is 1. The molecule has 0 unspecified atom stereocenters. The lowest BCUT2D eigenvalue weighted by Crippen LogP contribution is -2.35. The smallest absolute Gasteiger partial charge is 0.311 e. The molecule has 2 aromatic rings. The largest absolute Gasteiger partial charge is 0.390 e. The molecule has 2 atom stereocenters. The third-order valence-electron chi connectivity index (χ3n) is 4.09. The minimum atomic E-state index is -0.438.